The molecule has 124 valence electrons. The Labute approximate surface area is 144 Å². The van der Waals surface area contributed by atoms with E-state index in [0.717, 1.165) is 16.3 Å². The van der Waals surface area contributed by atoms with Crippen LogP contribution < -0.4 is 5.32 Å². The molecule has 4 rings (SSSR count). The predicted octanol–water partition coefficient (Wildman–Crippen LogP) is 3.68. The van der Waals surface area contributed by atoms with Gasteiger partial charge >= 0.3 is 0 Å². The number of imidazole rings is 1. The first-order chi connectivity index (χ1) is 11.6. The lowest BCUT2D eigenvalue weighted by Crippen LogP contribution is -2.40. The molecule has 1 unspecified atom stereocenters. The normalized spacial score (nSPS) is 16.1. The number of amides is 1. The number of thiophene rings is 1. The molecule has 3 aromatic rings. The molecule has 1 N–H and O–H groups in total. The number of aromatic nitrogens is 3. The highest BCUT2D eigenvalue weighted by Gasteiger charge is 2.26. The van der Waals surface area contributed by atoms with Crippen LogP contribution in [0.25, 0.3) is 16.2 Å². The molecule has 1 amide bonds. The highest BCUT2D eigenvalue weighted by molar-refractivity contribution is 7.13. The Kier molecular flexibility index (Phi) is 3.84. The largest absolute Gasteiger partial charge is 0.348 e. The number of carbonyl (C=O) groups is 1. The van der Waals surface area contributed by atoms with Crippen LogP contribution >= 0.6 is 11.3 Å². The average Bonchev–Trinajstić information content (AvgIpc) is 3.14. The summed E-state index contributed by atoms with van der Waals surface area (Å²) in [6.45, 7) is 4.09. The van der Waals surface area contributed by atoms with E-state index in [-0.39, 0.29) is 11.9 Å². The topological polar surface area (TPSA) is 59.3 Å². The molecule has 1 aliphatic carbocycles. The Morgan fingerprint density at radius 1 is 1.46 bits per heavy atom. The second-order valence-electron chi connectivity index (χ2n) is 6.50. The first kappa shape index (κ1) is 15.3. The molecule has 3 aromatic heterocycles. The summed E-state index contributed by atoms with van der Waals surface area (Å²) in [5.74, 6) is 0.464. The zero-order chi connectivity index (χ0) is 16.7. The van der Waals surface area contributed by atoms with E-state index in [1.807, 2.05) is 34.9 Å². The fourth-order valence-corrected chi connectivity index (χ4v) is 3.85. The van der Waals surface area contributed by atoms with Crippen molar-refractivity contribution in [2.75, 3.05) is 0 Å². The van der Waals surface area contributed by atoms with Crippen LogP contribution in [0, 0.1) is 12.8 Å². The predicted molar refractivity (Wildman–Crippen MR) is 95.3 cm³/mol. The van der Waals surface area contributed by atoms with Gasteiger partial charge in [0.05, 0.1) is 10.6 Å². The quantitative estimate of drug-likeness (QED) is 0.788. The summed E-state index contributed by atoms with van der Waals surface area (Å²) in [6, 6.07) is 6.26. The number of nitrogens with zero attached hydrogens (tertiary/aromatic N) is 3. The maximum atomic E-state index is 12.7. The third kappa shape index (κ3) is 2.60. The second kappa shape index (κ2) is 6.02. The molecule has 1 atom stereocenters. The van der Waals surface area contributed by atoms with Crippen molar-refractivity contribution in [3.63, 3.8) is 0 Å². The van der Waals surface area contributed by atoms with Crippen molar-refractivity contribution in [3.05, 3.63) is 41.3 Å². The van der Waals surface area contributed by atoms with Crippen molar-refractivity contribution in [2.24, 2.45) is 5.92 Å². The Balaban J connectivity index is 1.69. The summed E-state index contributed by atoms with van der Waals surface area (Å²) in [4.78, 5) is 22.8. The second-order valence-corrected chi connectivity index (χ2v) is 7.45. The van der Waals surface area contributed by atoms with Crippen LogP contribution in [0.5, 0.6) is 0 Å². The first-order valence-corrected chi connectivity index (χ1v) is 9.21. The molecule has 1 aliphatic rings. The van der Waals surface area contributed by atoms with Crippen LogP contribution in [0.4, 0.5) is 0 Å². The van der Waals surface area contributed by atoms with Gasteiger partial charge in [-0.25, -0.2) is 9.97 Å². The van der Waals surface area contributed by atoms with E-state index in [0.29, 0.717) is 17.3 Å². The van der Waals surface area contributed by atoms with Crippen molar-refractivity contribution >= 4 is 22.9 Å². The number of hydrogen-bond donors (Lipinski definition) is 1. The van der Waals surface area contributed by atoms with E-state index in [1.165, 1.54) is 19.3 Å². The monoisotopic (exact) mass is 340 g/mol. The minimum absolute atomic E-state index is 0.132. The minimum Gasteiger partial charge on any atom is -0.348 e. The van der Waals surface area contributed by atoms with Gasteiger partial charge in [-0.1, -0.05) is 12.5 Å². The molecule has 5 nitrogen and oxygen atoms in total. The molecule has 6 heteroatoms. The van der Waals surface area contributed by atoms with Gasteiger partial charge in [-0.15, -0.1) is 11.3 Å². The summed E-state index contributed by atoms with van der Waals surface area (Å²) in [5, 5.41) is 5.13. The summed E-state index contributed by atoms with van der Waals surface area (Å²) in [5.41, 5.74) is 2.93. The molecule has 0 aliphatic heterocycles. The van der Waals surface area contributed by atoms with Gasteiger partial charge in [0.1, 0.15) is 6.33 Å². The van der Waals surface area contributed by atoms with E-state index in [2.05, 4.69) is 17.2 Å². The van der Waals surface area contributed by atoms with Crippen molar-refractivity contribution < 1.29 is 4.79 Å². The molecule has 1 fully saturated rings. The molecule has 0 radical (unpaired) electrons. The van der Waals surface area contributed by atoms with Crippen LogP contribution in [0.1, 0.15) is 42.4 Å². The van der Waals surface area contributed by atoms with Crippen LogP contribution in [0.15, 0.2) is 29.9 Å². The van der Waals surface area contributed by atoms with E-state index in [1.54, 1.807) is 17.7 Å². The van der Waals surface area contributed by atoms with E-state index < -0.39 is 0 Å². The Bertz CT molecular complexity index is 880. The van der Waals surface area contributed by atoms with Crippen LogP contribution in [0.3, 0.4) is 0 Å². The van der Waals surface area contributed by atoms with Crippen LogP contribution in [-0.4, -0.2) is 26.3 Å². The molecule has 0 saturated heterocycles. The van der Waals surface area contributed by atoms with Crippen molar-refractivity contribution in [1.82, 2.24) is 19.7 Å². The third-order valence-electron chi connectivity index (χ3n) is 4.90. The fourth-order valence-electron chi connectivity index (χ4n) is 3.16. The van der Waals surface area contributed by atoms with Crippen molar-refractivity contribution in [3.8, 4) is 10.6 Å². The highest BCUT2D eigenvalue weighted by atomic mass is 32.1. The third-order valence-corrected chi connectivity index (χ3v) is 5.79. The maximum Gasteiger partial charge on any atom is 0.274 e. The smallest absolute Gasteiger partial charge is 0.274 e. The number of fused-ring (bicyclic) bond motifs is 1. The summed E-state index contributed by atoms with van der Waals surface area (Å²) < 4.78 is 1.88. The van der Waals surface area contributed by atoms with Gasteiger partial charge in [0.15, 0.2) is 11.3 Å². The van der Waals surface area contributed by atoms with Gasteiger partial charge in [-0.3, -0.25) is 9.20 Å². The standard InChI is InChI=1S/C18H20N4OS/c1-11-9-14(15-7-4-8-24-15)21-17-16(19-10-22(11)17)18(23)20-12(2)13-5-3-6-13/h4,7-10,12-13H,3,5-6H2,1-2H3,(H,20,23). The van der Waals surface area contributed by atoms with Crippen LogP contribution in [0.2, 0.25) is 0 Å². The zero-order valence-electron chi connectivity index (χ0n) is 13.8. The molecule has 3 heterocycles. The van der Waals surface area contributed by atoms with Gasteiger partial charge in [0.25, 0.3) is 5.91 Å². The number of aryl methyl sites for hydroxylation is 1. The summed E-state index contributed by atoms with van der Waals surface area (Å²) >= 11 is 1.64. The Morgan fingerprint density at radius 2 is 2.29 bits per heavy atom. The Hall–Kier alpha value is -2.21. The number of hydrogen-bond acceptors (Lipinski definition) is 4. The SMILES string of the molecule is Cc1cc(-c2cccs2)nc2c(C(=O)NC(C)C3CCC3)ncn12. The van der Waals surface area contributed by atoms with Crippen molar-refractivity contribution in [2.45, 2.75) is 39.2 Å². The molecule has 0 aromatic carbocycles. The lowest BCUT2D eigenvalue weighted by atomic mass is 9.80. The lowest BCUT2D eigenvalue weighted by molar-refractivity contribution is 0.0906. The highest BCUT2D eigenvalue weighted by Crippen LogP contribution is 2.29. The summed E-state index contributed by atoms with van der Waals surface area (Å²) in [6.07, 6.45) is 5.35. The number of rotatable bonds is 4. The van der Waals surface area contributed by atoms with Crippen molar-refractivity contribution in [1.29, 1.82) is 0 Å². The van der Waals surface area contributed by atoms with E-state index in [4.69, 9.17) is 4.98 Å². The fraction of sp³-hybridized carbons (Fsp3) is 0.389. The molecular formula is C18H20N4OS. The molecule has 0 bridgehead atoms. The maximum absolute atomic E-state index is 12.7. The Morgan fingerprint density at radius 3 is 2.96 bits per heavy atom. The first-order valence-electron chi connectivity index (χ1n) is 8.33. The molecule has 24 heavy (non-hydrogen) atoms. The summed E-state index contributed by atoms with van der Waals surface area (Å²) in [7, 11) is 0. The van der Waals surface area contributed by atoms with Gasteiger partial charge in [-0.2, -0.15) is 0 Å². The van der Waals surface area contributed by atoms with Gasteiger partial charge < -0.3 is 5.32 Å². The number of carbonyl (C=O) groups excluding carboxylic acids is 1. The molecule has 0 spiro atoms. The van der Waals surface area contributed by atoms with Gasteiger partial charge in [0, 0.05) is 11.7 Å². The number of nitrogens with one attached hydrogen (secondary N) is 1. The van der Waals surface area contributed by atoms with E-state index in [9.17, 15) is 4.79 Å². The van der Waals surface area contributed by atoms with Crippen LogP contribution in [-0.2, 0) is 0 Å². The molecule has 1 saturated carbocycles. The van der Waals surface area contributed by atoms with Gasteiger partial charge in [-0.05, 0) is 50.1 Å². The van der Waals surface area contributed by atoms with Gasteiger partial charge in [0.2, 0.25) is 0 Å². The minimum atomic E-state index is -0.132. The zero-order valence-corrected chi connectivity index (χ0v) is 14.6. The average molecular weight is 340 g/mol. The molecular weight excluding hydrogens is 320 g/mol. The van der Waals surface area contributed by atoms with E-state index >= 15 is 0 Å². The lowest BCUT2D eigenvalue weighted by Gasteiger charge is -2.31.